The van der Waals surface area contributed by atoms with E-state index >= 15 is 0 Å². The molecule has 0 amide bonds. The molecule has 80 heavy (non-hydrogen) atoms. The summed E-state index contributed by atoms with van der Waals surface area (Å²) in [6.07, 6.45) is 96.0. The van der Waals surface area contributed by atoms with Gasteiger partial charge in [0, 0.05) is 12.8 Å². The van der Waals surface area contributed by atoms with Crippen LogP contribution < -0.4 is 0 Å². The minimum Gasteiger partial charge on any atom is -0.462 e. The van der Waals surface area contributed by atoms with E-state index in [9.17, 15) is 14.7 Å². The molecule has 1 unspecified atom stereocenters. The summed E-state index contributed by atoms with van der Waals surface area (Å²) < 4.78 is 10.8. The highest BCUT2D eigenvalue weighted by Crippen LogP contribution is 2.19. The third kappa shape index (κ3) is 68.4. The van der Waals surface area contributed by atoms with Crippen LogP contribution >= 0.6 is 0 Å². The molecule has 0 aliphatic rings. The average molecular weight is 1120 g/mol. The van der Waals surface area contributed by atoms with Crippen molar-refractivity contribution in [2.24, 2.45) is 0 Å². The van der Waals surface area contributed by atoms with Crippen LogP contribution in [0.3, 0.4) is 0 Å². The Bertz CT molecular complexity index is 1320. The van der Waals surface area contributed by atoms with Gasteiger partial charge < -0.3 is 14.6 Å². The van der Waals surface area contributed by atoms with Gasteiger partial charge in [0.1, 0.15) is 6.61 Å². The molecule has 0 heterocycles. The van der Waals surface area contributed by atoms with Gasteiger partial charge in [0.15, 0.2) is 6.10 Å². The van der Waals surface area contributed by atoms with E-state index in [1.807, 2.05) is 0 Å². The highest BCUT2D eigenvalue weighted by molar-refractivity contribution is 5.70. The number of esters is 2. The van der Waals surface area contributed by atoms with E-state index in [1.54, 1.807) is 0 Å². The van der Waals surface area contributed by atoms with Gasteiger partial charge in [-0.2, -0.15) is 0 Å². The molecular formula is C75H140O5. The molecule has 1 atom stereocenters. The molecule has 5 nitrogen and oxygen atoms in total. The number of carbonyl (C=O) groups is 2. The topological polar surface area (TPSA) is 72.8 Å². The van der Waals surface area contributed by atoms with Crippen LogP contribution in [0.5, 0.6) is 0 Å². The molecule has 0 aromatic rings. The molecule has 0 aliphatic heterocycles. The molecule has 0 aromatic heterocycles. The zero-order valence-electron chi connectivity index (χ0n) is 54.1. The minimum absolute atomic E-state index is 0.0587. The van der Waals surface area contributed by atoms with Gasteiger partial charge in [-0.05, 0) is 51.4 Å². The Balaban J connectivity index is 3.37. The van der Waals surface area contributed by atoms with Crippen molar-refractivity contribution in [1.29, 1.82) is 0 Å². The van der Waals surface area contributed by atoms with Crippen LogP contribution in [0.15, 0.2) is 48.6 Å². The molecular weight excluding hydrogens is 981 g/mol. The lowest BCUT2D eigenvalue weighted by atomic mass is 10.0. The second kappa shape index (κ2) is 71.1. The molecule has 0 aromatic carbocycles. The van der Waals surface area contributed by atoms with Gasteiger partial charge in [-0.25, -0.2) is 0 Å². The number of aliphatic hydroxyl groups is 1. The second-order valence-electron chi connectivity index (χ2n) is 24.7. The maximum Gasteiger partial charge on any atom is 0.306 e. The van der Waals surface area contributed by atoms with Crippen LogP contribution in [0.25, 0.3) is 0 Å². The summed E-state index contributed by atoms with van der Waals surface area (Å²) in [7, 11) is 0. The Hall–Kier alpha value is -2.14. The first-order chi connectivity index (χ1) is 39.6. The summed E-state index contributed by atoms with van der Waals surface area (Å²) in [6.45, 7) is 4.10. The molecule has 0 radical (unpaired) electrons. The number of hydrogen-bond donors (Lipinski definition) is 1. The SMILES string of the molecule is CC/C=C\C/C=C\C/C=C\C/C=C\CCCCCCCCCCCCCCCCCCCCCCCCC(=O)OC(CO)COC(=O)CCCCCCCCCCCCCCCCCCCCCCCCCCCCCCCCC. The molecule has 0 saturated heterocycles. The highest BCUT2D eigenvalue weighted by atomic mass is 16.6. The number of rotatable bonds is 68. The van der Waals surface area contributed by atoms with Gasteiger partial charge in [-0.1, -0.05) is 383 Å². The quantitative estimate of drug-likeness (QED) is 0.0373. The van der Waals surface area contributed by atoms with Gasteiger partial charge in [-0.3, -0.25) is 9.59 Å². The number of carbonyl (C=O) groups excluding carboxylic acids is 2. The predicted molar refractivity (Wildman–Crippen MR) is 353 cm³/mol. The fourth-order valence-electron chi connectivity index (χ4n) is 11.3. The van der Waals surface area contributed by atoms with E-state index in [1.165, 1.54) is 315 Å². The van der Waals surface area contributed by atoms with Gasteiger partial charge in [0.05, 0.1) is 6.61 Å². The van der Waals surface area contributed by atoms with Gasteiger partial charge in [-0.15, -0.1) is 0 Å². The van der Waals surface area contributed by atoms with E-state index in [2.05, 4.69) is 62.5 Å². The molecule has 0 saturated carbocycles. The van der Waals surface area contributed by atoms with Crippen molar-refractivity contribution in [3.8, 4) is 0 Å². The normalized spacial score (nSPS) is 12.4. The van der Waals surface area contributed by atoms with Crippen LogP contribution in [-0.4, -0.2) is 36.4 Å². The Morgan fingerprint density at radius 3 is 0.812 bits per heavy atom. The zero-order valence-corrected chi connectivity index (χ0v) is 54.1. The van der Waals surface area contributed by atoms with E-state index in [0.717, 1.165) is 57.8 Å². The molecule has 0 bridgehead atoms. The maximum atomic E-state index is 12.4. The summed E-state index contributed by atoms with van der Waals surface area (Å²) >= 11 is 0. The summed E-state index contributed by atoms with van der Waals surface area (Å²) in [5, 5.41) is 9.71. The predicted octanol–water partition coefficient (Wildman–Crippen LogP) is 25.1. The summed E-state index contributed by atoms with van der Waals surface area (Å²) in [6, 6.07) is 0. The Kier molecular flexibility index (Phi) is 69.2. The average Bonchev–Trinajstić information content (AvgIpc) is 3.46. The Labute approximate surface area is 500 Å². The molecule has 0 fully saturated rings. The maximum absolute atomic E-state index is 12.4. The van der Waals surface area contributed by atoms with Gasteiger partial charge >= 0.3 is 11.9 Å². The number of aliphatic hydroxyl groups excluding tert-OH is 1. The fourth-order valence-corrected chi connectivity index (χ4v) is 11.3. The van der Waals surface area contributed by atoms with Crippen LogP contribution in [0.4, 0.5) is 0 Å². The van der Waals surface area contributed by atoms with Crippen LogP contribution in [0.2, 0.25) is 0 Å². The van der Waals surface area contributed by atoms with Crippen LogP contribution in [-0.2, 0) is 19.1 Å². The van der Waals surface area contributed by atoms with Crippen molar-refractivity contribution in [1.82, 2.24) is 0 Å². The molecule has 0 rings (SSSR count). The zero-order chi connectivity index (χ0) is 57.6. The van der Waals surface area contributed by atoms with Crippen molar-refractivity contribution in [3.05, 3.63) is 48.6 Å². The van der Waals surface area contributed by atoms with Crippen molar-refractivity contribution < 1.29 is 24.2 Å². The Morgan fingerprint density at radius 2 is 0.537 bits per heavy atom. The molecule has 0 spiro atoms. The number of hydrogen-bond acceptors (Lipinski definition) is 5. The third-order valence-corrected chi connectivity index (χ3v) is 16.6. The first-order valence-corrected chi connectivity index (χ1v) is 36.2. The lowest BCUT2D eigenvalue weighted by Gasteiger charge is -2.15. The minimum atomic E-state index is -0.770. The molecule has 1 N–H and O–H groups in total. The fraction of sp³-hybridized carbons (Fsp3) is 0.867. The van der Waals surface area contributed by atoms with Gasteiger partial charge in [0.25, 0.3) is 0 Å². The molecule has 470 valence electrons. The van der Waals surface area contributed by atoms with Crippen molar-refractivity contribution in [2.75, 3.05) is 13.2 Å². The lowest BCUT2D eigenvalue weighted by Crippen LogP contribution is -2.28. The smallest absolute Gasteiger partial charge is 0.306 e. The van der Waals surface area contributed by atoms with Crippen molar-refractivity contribution in [2.45, 2.75) is 405 Å². The number of unbranched alkanes of at least 4 members (excludes halogenated alkanes) is 52. The highest BCUT2D eigenvalue weighted by Gasteiger charge is 2.16. The first-order valence-electron chi connectivity index (χ1n) is 36.2. The monoisotopic (exact) mass is 1120 g/mol. The second-order valence-corrected chi connectivity index (χ2v) is 24.7. The number of allylic oxidation sites excluding steroid dienone is 8. The number of ether oxygens (including phenoxy) is 2. The van der Waals surface area contributed by atoms with Crippen molar-refractivity contribution in [3.63, 3.8) is 0 Å². The third-order valence-electron chi connectivity index (χ3n) is 16.6. The van der Waals surface area contributed by atoms with E-state index < -0.39 is 6.10 Å². The molecule has 5 heteroatoms. The summed E-state index contributed by atoms with van der Waals surface area (Å²) in [5.41, 5.74) is 0. The standard InChI is InChI=1S/C75H140O5/c1-3-5-7-9-11-13-15-17-19-21-23-25-27-29-31-33-35-36-37-38-40-42-44-46-48-50-52-54-56-58-60-62-64-66-68-70-75(78)80-73(71-76)72-79-74(77)69-67-65-63-61-59-57-55-53-51-49-47-45-43-41-39-34-32-30-28-26-24-22-20-18-16-14-12-10-8-6-4-2/h5,7,11,13,17,19,23,25,73,76H,3-4,6,8-10,12,14-16,18,20-22,24,26-72H2,1-2H3/b7-5-,13-11-,19-17-,25-23-. The largest absolute Gasteiger partial charge is 0.462 e. The Morgan fingerprint density at radius 1 is 0.300 bits per heavy atom. The van der Waals surface area contributed by atoms with E-state index in [-0.39, 0.29) is 25.2 Å². The van der Waals surface area contributed by atoms with E-state index in [0.29, 0.717) is 12.8 Å². The lowest BCUT2D eigenvalue weighted by molar-refractivity contribution is -0.161. The van der Waals surface area contributed by atoms with Crippen LogP contribution in [0, 0.1) is 0 Å². The van der Waals surface area contributed by atoms with E-state index in [4.69, 9.17) is 9.47 Å². The molecule has 0 aliphatic carbocycles. The summed E-state index contributed by atoms with van der Waals surface area (Å²) in [5.74, 6) is -0.564. The van der Waals surface area contributed by atoms with Gasteiger partial charge in [0.2, 0.25) is 0 Å². The van der Waals surface area contributed by atoms with Crippen molar-refractivity contribution >= 4 is 11.9 Å². The summed E-state index contributed by atoms with van der Waals surface area (Å²) in [4.78, 5) is 24.7. The van der Waals surface area contributed by atoms with Crippen LogP contribution in [0.1, 0.15) is 399 Å². The first kappa shape index (κ1) is 77.9.